The van der Waals surface area contributed by atoms with E-state index in [-0.39, 0.29) is 12.7 Å². The van der Waals surface area contributed by atoms with Crippen molar-refractivity contribution in [2.75, 3.05) is 24.0 Å². The molecule has 0 bridgehead atoms. The molecule has 1 aromatic heterocycles. The van der Waals surface area contributed by atoms with Crippen LogP contribution in [0.3, 0.4) is 0 Å². The molecule has 5 rings (SSSR count). The number of rotatable bonds is 7. The Kier molecular flexibility index (Phi) is 5.89. The summed E-state index contributed by atoms with van der Waals surface area (Å²) in [5.74, 6) is 1.24. The molecule has 0 atom stereocenters. The lowest BCUT2D eigenvalue weighted by molar-refractivity contribution is 0.102. The second-order valence-electron chi connectivity index (χ2n) is 7.64. The zero-order valence-corrected chi connectivity index (χ0v) is 18.0. The molecule has 2 N–H and O–H groups in total. The zero-order chi connectivity index (χ0) is 22.5. The number of carbonyl (C=O) groups is 1. The van der Waals surface area contributed by atoms with Crippen molar-refractivity contribution in [3.05, 3.63) is 102 Å². The van der Waals surface area contributed by atoms with E-state index in [0.717, 1.165) is 46.9 Å². The van der Waals surface area contributed by atoms with Gasteiger partial charge in [-0.25, -0.2) is 0 Å². The van der Waals surface area contributed by atoms with Gasteiger partial charge in [0.05, 0.1) is 0 Å². The van der Waals surface area contributed by atoms with Gasteiger partial charge in [0, 0.05) is 41.8 Å². The molecule has 0 saturated heterocycles. The van der Waals surface area contributed by atoms with Crippen molar-refractivity contribution in [3.8, 4) is 22.6 Å². The number of anilines is 2. The van der Waals surface area contributed by atoms with Crippen LogP contribution in [0.2, 0.25) is 0 Å². The minimum atomic E-state index is -0.167. The number of fused-ring (bicyclic) bond motifs is 1. The van der Waals surface area contributed by atoms with Gasteiger partial charge in [-0.15, -0.1) is 0 Å². The van der Waals surface area contributed by atoms with E-state index in [2.05, 4.69) is 15.6 Å². The van der Waals surface area contributed by atoms with Gasteiger partial charge < -0.3 is 20.1 Å². The van der Waals surface area contributed by atoms with E-state index in [1.54, 1.807) is 6.20 Å². The molecule has 33 heavy (non-hydrogen) atoms. The summed E-state index contributed by atoms with van der Waals surface area (Å²) < 4.78 is 10.9. The molecular formula is C27H23N3O3. The molecular weight excluding hydrogens is 414 g/mol. The molecule has 6 heteroatoms. The third kappa shape index (κ3) is 4.80. The number of ether oxygens (including phenoxy) is 2. The molecule has 3 aromatic carbocycles. The first-order valence-electron chi connectivity index (χ1n) is 10.8. The van der Waals surface area contributed by atoms with Crippen molar-refractivity contribution < 1.29 is 14.3 Å². The molecule has 164 valence electrons. The van der Waals surface area contributed by atoms with Gasteiger partial charge in [0.2, 0.25) is 6.79 Å². The predicted molar refractivity (Wildman–Crippen MR) is 129 cm³/mol. The molecule has 1 amide bonds. The summed E-state index contributed by atoms with van der Waals surface area (Å²) in [6, 6.07) is 26.9. The maximum atomic E-state index is 13.1. The normalized spacial score (nSPS) is 11.8. The monoisotopic (exact) mass is 437 g/mol. The van der Waals surface area contributed by atoms with Crippen LogP contribution in [0.4, 0.5) is 11.4 Å². The van der Waals surface area contributed by atoms with E-state index in [1.165, 1.54) is 0 Å². The summed E-state index contributed by atoms with van der Waals surface area (Å²) in [7, 11) is 0. The Morgan fingerprint density at radius 2 is 1.64 bits per heavy atom. The minimum absolute atomic E-state index is 0.167. The van der Waals surface area contributed by atoms with Crippen LogP contribution < -0.4 is 20.1 Å². The lowest BCUT2D eigenvalue weighted by atomic mass is 9.98. The zero-order valence-electron chi connectivity index (χ0n) is 18.0. The number of aromatic nitrogens is 1. The lowest BCUT2D eigenvalue weighted by Gasteiger charge is -2.12. The van der Waals surface area contributed by atoms with Gasteiger partial charge in [0.1, 0.15) is 0 Å². The number of nitrogens with zero attached hydrogens (tertiary/aromatic N) is 1. The highest BCUT2D eigenvalue weighted by atomic mass is 16.7. The topological polar surface area (TPSA) is 72.5 Å². The first kappa shape index (κ1) is 20.6. The molecule has 1 aliphatic rings. The fourth-order valence-electron chi connectivity index (χ4n) is 3.75. The number of amides is 1. The van der Waals surface area contributed by atoms with Crippen molar-refractivity contribution in [1.29, 1.82) is 0 Å². The Bertz CT molecular complexity index is 1260. The Labute approximate surface area is 192 Å². The maximum absolute atomic E-state index is 13.1. The standard InChI is InChI=1S/C27H23N3O3/c31-27(24-7-2-1-6-23(24)19-8-13-25-26(17-19)33-18-32-25)30-22-11-9-21(10-12-22)29-16-14-20-5-3-4-15-28-20/h1-13,15,17,29H,14,16,18H2,(H,30,31). The molecule has 6 nitrogen and oxygen atoms in total. The van der Waals surface area contributed by atoms with Crippen molar-refractivity contribution in [1.82, 2.24) is 4.98 Å². The van der Waals surface area contributed by atoms with Crippen molar-refractivity contribution in [3.63, 3.8) is 0 Å². The smallest absolute Gasteiger partial charge is 0.256 e. The third-order valence-electron chi connectivity index (χ3n) is 5.43. The Morgan fingerprint density at radius 1 is 0.848 bits per heavy atom. The highest BCUT2D eigenvalue weighted by Gasteiger charge is 2.17. The fourth-order valence-corrected chi connectivity index (χ4v) is 3.75. The average molecular weight is 437 g/mol. The van der Waals surface area contributed by atoms with Gasteiger partial charge in [-0.2, -0.15) is 0 Å². The van der Waals surface area contributed by atoms with Gasteiger partial charge in [-0.3, -0.25) is 9.78 Å². The summed E-state index contributed by atoms with van der Waals surface area (Å²) in [5, 5.41) is 6.38. The maximum Gasteiger partial charge on any atom is 0.256 e. The SMILES string of the molecule is O=C(Nc1ccc(NCCc2ccccn2)cc1)c1ccccc1-c1ccc2c(c1)OCO2. The molecule has 0 spiro atoms. The number of benzene rings is 3. The van der Waals surface area contributed by atoms with Crippen LogP contribution in [0.1, 0.15) is 16.1 Å². The minimum Gasteiger partial charge on any atom is -0.454 e. The number of hydrogen-bond acceptors (Lipinski definition) is 5. The second kappa shape index (κ2) is 9.44. The van der Waals surface area contributed by atoms with Gasteiger partial charge in [-0.05, 0) is 65.7 Å². The Balaban J connectivity index is 1.25. The van der Waals surface area contributed by atoms with E-state index in [4.69, 9.17) is 9.47 Å². The lowest BCUT2D eigenvalue weighted by Crippen LogP contribution is -2.13. The molecule has 1 aliphatic heterocycles. The predicted octanol–water partition coefficient (Wildman–Crippen LogP) is 5.38. The van der Waals surface area contributed by atoms with Crippen LogP contribution in [-0.2, 0) is 6.42 Å². The molecule has 0 aliphatic carbocycles. The van der Waals surface area contributed by atoms with Gasteiger partial charge in [-0.1, -0.05) is 30.3 Å². The summed E-state index contributed by atoms with van der Waals surface area (Å²) >= 11 is 0. The summed E-state index contributed by atoms with van der Waals surface area (Å²) in [6.45, 7) is 1.00. The van der Waals surface area contributed by atoms with Crippen molar-refractivity contribution in [2.45, 2.75) is 6.42 Å². The van der Waals surface area contributed by atoms with Crippen LogP contribution in [0, 0.1) is 0 Å². The number of hydrogen-bond donors (Lipinski definition) is 2. The summed E-state index contributed by atoms with van der Waals surface area (Å²) in [4.78, 5) is 17.4. The van der Waals surface area contributed by atoms with Crippen LogP contribution in [0.15, 0.2) is 91.1 Å². The van der Waals surface area contributed by atoms with E-state index in [9.17, 15) is 4.79 Å². The van der Waals surface area contributed by atoms with Gasteiger partial charge >= 0.3 is 0 Å². The van der Waals surface area contributed by atoms with E-state index in [1.807, 2.05) is 84.9 Å². The van der Waals surface area contributed by atoms with Gasteiger partial charge in [0.25, 0.3) is 5.91 Å². The van der Waals surface area contributed by atoms with Crippen molar-refractivity contribution in [2.24, 2.45) is 0 Å². The quantitative estimate of drug-likeness (QED) is 0.406. The van der Waals surface area contributed by atoms with E-state index in [0.29, 0.717) is 11.3 Å². The summed E-state index contributed by atoms with van der Waals surface area (Å²) in [5.41, 5.74) is 5.10. The first-order valence-corrected chi connectivity index (χ1v) is 10.8. The molecule has 0 saturated carbocycles. The highest BCUT2D eigenvalue weighted by molar-refractivity contribution is 6.08. The number of nitrogens with one attached hydrogen (secondary N) is 2. The largest absolute Gasteiger partial charge is 0.454 e. The Hall–Kier alpha value is -4.32. The molecule has 0 radical (unpaired) electrons. The Morgan fingerprint density at radius 3 is 2.48 bits per heavy atom. The van der Waals surface area contributed by atoms with E-state index < -0.39 is 0 Å². The van der Waals surface area contributed by atoms with Crippen LogP contribution in [0.25, 0.3) is 11.1 Å². The van der Waals surface area contributed by atoms with Gasteiger partial charge in [0.15, 0.2) is 11.5 Å². The highest BCUT2D eigenvalue weighted by Crippen LogP contribution is 2.37. The average Bonchev–Trinajstić information content (AvgIpc) is 3.34. The first-order chi connectivity index (χ1) is 16.3. The van der Waals surface area contributed by atoms with E-state index >= 15 is 0 Å². The van der Waals surface area contributed by atoms with Crippen LogP contribution in [-0.4, -0.2) is 24.2 Å². The number of carbonyl (C=O) groups excluding carboxylic acids is 1. The second-order valence-corrected chi connectivity index (χ2v) is 7.64. The molecule has 0 unspecified atom stereocenters. The van der Waals surface area contributed by atoms with Crippen LogP contribution in [0.5, 0.6) is 11.5 Å². The molecule has 4 aromatic rings. The summed E-state index contributed by atoms with van der Waals surface area (Å²) in [6.07, 6.45) is 2.65. The molecule has 0 fully saturated rings. The number of pyridine rings is 1. The third-order valence-corrected chi connectivity index (χ3v) is 5.43. The van der Waals surface area contributed by atoms with Crippen molar-refractivity contribution >= 4 is 17.3 Å². The van der Waals surface area contributed by atoms with Crippen LogP contribution >= 0.6 is 0 Å². The fraction of sp³-hybridized carbons (Fsp3) is 0.111. The molecule has 2 heterocycles.